The molecule has 0 saturated heterocycles. The first-order chi connectivity index (χ1) is 8.99. The fourth-order valence-corrected chi connectivity index (χ4v) is 2.22. The van der Waals surface area contributed by atoms with Crippen molar-refractivity contribution in [2.45, 2.75) is 13.5 Å². The second kappa shape index (κ2) is 5.55. The van der Waals surface area contributed by atoms with Gasteiger partial charge in [-0.25, -0.2) is 4.98 Å². The predicted molar refractivity (Wildman–Crippen MR) is 73.0 cm³/mol. The number of Topliss-reactive ketones (excluding diaryl/α,β-unsaturated/α-hetero) is 2. The maximum atomic E-state index is 12.1. The van der Waals surface area contributed by atoms with Crippen LogP contribution in [0.4, 0.5) is 0 Å². The smallest absolute Gasteiger partial charge is 0.195 e. The summed E-state index contributed by atoms with van der Waals surface area (Å²) in [7, 11) is 0. The Morgan fingerprint density at radius 1 is 1.32 bits per heavy atom. The molecule has 0 atom stereocenters. The highest BCUT2D eigenvalue weighted by atomic mass is 35.5. The molecular formula is C13H10Cl2N2O2. The van der Waals surface area contributed by atoms with Crippen LogP contribution < -0.4 is 0 Å². The molecular weight excluding hydrogens is 287 g/mol. The van der Waals surface area contributed by atoms with Gasteiger partial charge in [0.1, 0.15) is 0 Å². The standard InChI is InChI=1S/C13H10Cl2N2O2/c1-8(18)13-16-4-5-17(13)7-12(19)10-3-2-9(14)6-11(10)15/h2-6H,7H2,1H3. The van der Waals surface area contributed by atoms with E-state index in [1.54, 1.807) is 18.3 Å². The fourth-order valence-electron chi connectivity index (χ4n) is 1.71. The maximum Gasteiger partial charge on any atom is 0.195 e. The molecule has 0 unspecified atom stereocenters. The Balaban J connectivity index is 2.26. The molecule has 0 fully saturated rings. The number of nitrogens with zero attached hydrogens (tertiary/aromatic N) is 2. The van der Waals surface area contributed by atoms with E-state index >= 15 is 0 Å². The Kier molecular flexibility index (Phi) is 4.02. The number of halogens is 2. The first-order valence-electron chi connectivity index (χ1n) is 5.49. The first kappa shape index (κ1) is 13.8. The van der Waals surface area contributed by atoms with Gasteiger partial charge in [0.2, 0.25) is 0 Å². The summed E-state index contributed by atoms with van der Waals surface area (Å²) in [6.45, 7) is 1.41. The molecule has 0 N–H and O–H groups in total. The average Bonchev–Trinajstić information content (AvgIpc) is 2.76. The molecule has 0 amide bonds. The number of aromatic nitrogens is 2. The van der Waals surface area contributed by atoms with Gasteiger partial charge in [0.25, 0.3) is 0 Å². The lowest BCUT2D eigenvalue weighted by molar-refractivity contribution is 0.0964. The molecule has 2 rings (SSSR count). The van der Waals surface area contributed by atoms with Crippen LogP contribution in [-0.2, 0) is 6.54 Å². The molecule has 1 aromatic carbocycles. The van der Waals surface area contributed by atoms with E-state index in [-0.39, 0.29) is 23.9 Å². The summed E-state index contributed by atoms with van der Waals surface area (Å²) in [5.74, 6) is -0.152. The maximum absolute atomic E-state index is 12.1. The average molecular weight is 297 g/mol. The van der Waals surface area contributed by atoms with Gasteiger partial charge in [-0.2, -0.15) is 0 Å². The largest absolute Gasteiger partial charge is 0.321 e. The molecule has 1 aromatic heterocycles. The summed E-state index contributed by atoms with van der Waals surface area (Å²) in [5.41, 5.74) is 0.370. The second-order valence-electron chi connectivity index (χ2n) is 3.98. The minimum absolute atomic E-state index is 0.0102. The van der Waals surface area contributed by atoms with Crippen molar-refractivity contribution in [1.82, 2.24) is 9.55 Å². The molecule has 2 aromatic rings. The minimum Gasteiger partial charge on any atom is -0.321 e. The third-order valence-electron chi connectivity index (χ3n) is 2.58. The lowest BCUT2D eigenvalue weighted by Crippen LogP contribution is -2.15. The molecule has 0 spiro atoms. The van der Waals surface area contributed by atoms with E-state index in [1.165, 1.54) is 23.8 Å². The van der Waals surface area contributed by atoms with Crippen molar-refractivity contribution in [3.05, 3.63) is 52.0 Å². The van der Waals surface area contributed by atoms with Gasteiger partial charge >= 0.3 is 0 Å². The summed E-state index contributed by atoms with van der Waals surface area (Å²) < 4.78 is 1.50. The van der Waals surface area contributed by atoms with Gasteiger partial charge in [-0.3, -0.25) is 9.59 Å². The number of benzene rings is 1. The van der Waals surface area contributed by atoms with Crippen molar-refractivity contribution in [3.8, 4) is 0 Å². The normalized spacial score (nSPS) is 10.5. The Bertz CT molecular complexity index is 650. The Labute approximate surface area is 120 Å². The Morgan fingerprint density at radius 3 is 2.68 bits per heavy atom. The van der Waals surface area contributed by atoms with E-state index in [0.717, 1.165) is 0 Å². The van der Waals surface area contributed by atoms with E-state index in [0.29, 0.717) is 15.6 Å². The van der Waals surface area contributed by atoms with E-state index in [2.05, 4.69) is 4.98 Å². The zero-order chi connectivity index (χ0) is 14.0. The van der Waals surface area contributed by atoms with Crippen molar-refractivity contribution < 1.29 is 9.59 Å². The molecule has 0 bridgehead atoms. The van der Waals surface area contributed by atoms with Gasteiger partial charge in [0, 0.05) is 29.9 Å². The number of hydrogen-bond donors (Lipinski definition) is 0. The van der Waals surface area contributed by atoms with Gasteiger partial charge in [-0.1, -0.05) is 23.2 Å². The van der Waals surface area contributed by atoms with E-state index in [1.807, 2.05) is 0 Å². The third kappa shape index (κ3) is 3.03. The molecule has 0 saturated carbocycles. The van der Waals surface area contributed by atoms with Crippen LogP contribution in [-0.4, -0.2) is 21.1 Å². The fraction of sp³-hybridized carbons (Fsp3) is 0.154. The van der Waals surface area contributed by atoms with Crippen molar-refractivity contribution in [2.75, 3.05) is 0 Å². The number of hydrogen-bond acceptors (Lipinski definition) is 3. The van der Waals surface area contributed by atoms with E-state index in [4.69, 9.17) is 23.2 Å². The number of ketones is 2. The van der Waals surface area contributed by atoms with Crippen LogP contribution in [0.3, 0.4) is 0 Å². The van der Waals surface area contributed by atoms with Gasteiger partial charge in [0.15, 0.2) is 17.4 Å². The quantitative estimate of drug-likeness (QED) is 0.814. The van der Waals surface area contributed by atoms with Crippen LogP contribution in [0.1, 0.15) is 27.9 Å². The van der Waals surface area contributed by atoms with Gasteiger partial charge < -0.3 is 4.57 Å². The van der Waals surface area contributed by atoms with E-state index in [9.17, 15) is 9.59 Å². The molecule has 0 aliphatic carbocycles. The monoisotopic (exact) mass is 296 g/mol. The molecule has 98 valence electrons. The zero-order valence-corrected chi connectivity index (χ0v) is 11.6. The van der Waals surface area contributed by atoms with Crippen LogP contribution in [0.25, 0.3) is 0 Å². The van der Waals surface area contributed by atoms with Gasteiger partial charge in [-0.05, 0) is 18.2 Å². The Hall–Kier alpha value is -1.65. The minimum atomic E-state index is -0.206. The van der Waals surface area contributed by atoms with Crippen LogP contribution >= 0.6 is 23.2 Å². The second-order valence-corrected chi connectivity index (χ2v) is 4.83. The molecule has 1 heterocycles. The van der Waals surface area contributed by atoms with Crippen LogP contribution in [0, 0.1) is 0 Å². The van der Waals surface area contributed by atoms with Crippen molar-refractivity contribution in [3.63, 3.8) is 0 Å². The zero-order valence-electron chi connectivity index (χ0n) is 10.1. The molecule has 19 heavy (non-hydrogen) atoms. The summed E-state index contributed by atoms with van der Waals surface area (Å²) in [5, 5.41) is 0.760. The number of imidazole rings is 1. The third-order valence-corrected chi connectivity index (χ3v) is 3.12. The van der Waals surface area contributed by atoms with Crippen LogP contribution in [0.5, 0.6) is 0 Å². The van der Waals surface area contributed by atoms with Gasteiger partial charge in [-0.15, -0.1) is 0 Å². The molecule has 6 heteroatoms. The predicted octanol–water partition coefficient (Wildman–Crippen LogP) is 3.28. The summed E-state index contributed by atoms with van der Waals surface area (Å²) in [6, 6.07) is 4.67. The lowest BCUT2D eigenvalue weighted by Gasteiger charge is -2.07. The highest BCUT2D eigenvalue weighted by Gasteiger charge is 2.15. The summed E-state index contributed by atoms with van der Waals surface area (Å²) >= 11 is 11.7. The molecule has 0 aliphatic rings. The molecule has 4 nitrogen and oxygen atoms in total. The highest BCUT2D eigenvalue weighted by Crippen LogP contribution is 2.21. The van der Waals surface area contributed by atoms with Crippen molar-refractivity contribution in [1.29, 1.82) is 0 Å². The molecule has 0 aliphatic heterocycles. The first-order valence-corrected chi connectivity index (χ1v) is 6.25. The summed E-state index contributed by atoms with van der Waals surface area (Å²) in [6.07, 6.45) is 3.06. The topological polar surface area (TPSA) is 52.0 Å². The molecule has 0 radical (unpaired) electrons. The number of carbonyl (C=O) groups excluding carboxylic acids is 2. The van der Waals surface area contributed by atoms with Crippen LogP contribution in [0.2, 0.25) is 10.0 Å². The highest BCUT2D eigenvalue weighted by molar-refractivity contribution is 6.36. The van der Waals surface area contributed by atoms with Crippen molar-refractivity contribution in [2.24, 2.45) is 0 Å². The number of carbonyl (C=O) groups is 2. The lowest BCUT2D eigenvalue weighted by atomic mass is 10.1. The van der Waals surface area contributed by atoms with Gasteiger partial charge in [0.05, 0.1) is 11.6 Å². The van der Waals surface area contributed by atoms with E-state index < -0.39 is 0 Å². The van der Waals surface area contributed by atoms with Crippen LogP contribution in [0.15, 0.2) is 30.6 Å². The SMILES string of the molecule is CC(=O)c1nccn1CC(=O)c1ccc(Cl)cc1Cl. The Morgan fingerprint density at radius 2 is 2.05 bits per heavy atom. The van der Waals surface area contributed by atoms with Crippen molar-refractivity contribution >= 4 is 34.8 Å². The number of rotatable bonds is 4. The summed E-state index contributed by atoms with van der Waals surface area (Å²) in [4.78, 5) is 27.4.